The molecule has 4 aromatic rings. The molecule has 0 aliphatic carbocycles. The molecule has 30 heavy (non-hydrogen) atoms. The van der Waals surface area contributed by atoms with Gasteiger partial charge < -0.3 is 14.3 Å². The van der Waals surface area contributed by atoms with Gasteiger partial charge in [-0.15, -0.1) is 0 Å². The Bertz CT molecular complexity index is 1160. The molecule has 1 atom stereocenters. The lowest BCUT2D eigenvalue weighted by atomic mass is 9.97. The molecule has 0 bridgehead atoms. The van der Waals surface area contributed by atoms with E-state index >= 15 is 0 Å². The molecule has 0 spiro atoms. The van der Waals surface area contributed by atoms with Gasteiger partial charge in [-0.25, -0.2) is 9.97 Å². The molecule has 152 valence electrons. The van der Waals surface area contributed by atoms with E-state index in [1.54, 1.807) is 0 Å². The Balaban J connectivity index is 1.53. The quantitative estimate of drug-likeness (QED) is 0.510. The van der Waals surface area contributed by atoms with Crippen LogP contribution < -0.4 is 9.80 Å². The highest BCUT2D eigenvalue weighted by Gasteiger charge is 2.28. The summed E-state index contributed by atoms with van der Waals surface area (Å²) >= 11 is 0. The molecular formula is C23H24N6O. The van der Waals surface area contributed by atoms with Gasteiger partial charge in [0.25, 0.3) is 5.95 Å². The number of nitrogens with zero attached hydrogens (tertiary/aromatic N) is 6. The molecule has 1 saturated heterocycles. The summed E-state index contributed by atoms with van der Waals surface area (Å²) < 4.78 is 5.57. The van der Waals surface area contributed by atoms with Gasteiger partial charge in [0.1, 0.15) is 5.82 Å². The van der Waals surface area contributed by atoms with Crippen LogP contribution in [0.15, 0.2) is 59.1 Å². The minimum atomic E-state index is 0.189. The van der Waals surface area contributed by atoms with Gasteiger partial charge >= 0.3 is 0 Å². The van der Waals surface area contributed by atoms with Crippen LogP contribution in [0.4, 0.5) is 11.8 Å². The Kier molecular flexibility index (Phi) is 4.78. The largest absolute Gasteiger partial charge is 0.355 e. The van der Waals surface area contributed by atoms with E-state index in [0.717, 1.165) is 54.0 Å². The first kappa shape index (κ1) is 18.5. The van der Waals surface area contributed by atoms with E-state index in [2.05, 4.69) is 27.2 Å². The van der Waals surface area contributed by atoms with Crippen molar-refractivity contribution in [3.63, 3.8) is 0 Å². The Hall–Kier alpha value is -3.48. The lowest BCUT2D eigenvalue weighted by molar-refractivity contribution is 0.333. The van der Waals surface area contributed by atoms with Gasteiger partial charge in [-0.05, 0) is 30.1 Å². The van der Waals surface area contributed by atoms with E-state index in [-0.39, 0.29) is 5.92 Å². The van der Waals surface area contributed by atoms with Gasteiger partial charge in [0, 0.05) is 38.1 Å². The van der Waals surface area contributed by atoms with Crippen molar-refractivity contribution in [1.82, 2.24) is 20.1 Å². The second-order valence-corrected chi connectivity index (χ2v) is 7.87. The molecule has 2 aromatic heterocycles. The van der Waals surface area contributed by atoms with Gasteiger partial charge in [0.15, 0.2) is 5.82 Å². The Morgan fingerprint density at radius 3 is 2.57 bits per heavy atom. The zero-order chi connectivity index (χ0) is 20.5. The van der Waals surface area contributed by atoms with Gasteiger partial charge in [0.2, 0.25) is 5.89 Å². The summed E-state index contributed by atoms with van der Waals surface area (Å²) in [6, 6.07) is 18.4. The third kappa shape index (κ3) is 3.47. The standard InChI is InChI=1S/C23H24N6O/c1-28(2)23-26-22(30-27-23)17-11-8-14-29(15-17)21-18-12-6-7-13-19(18)24-20(25-21)16-9-4-3-5-10-16/h3-7,9-10,12-13,17H,8,11,14-15H2,1-2H3. The minimum Gasteiger partial charge on any atom is -0.355 e. The first-order chi connectivity index (χ1) is 14.7. The number of hydrogen-bond donors (Lipinski definition) is 0. The highest BCUT2D eigenvalue weighted by Crippen LogP contribution is 2.33. The lowest BCUT2D eigenvalue weighted by Gasteiger charge is -2.32. The molecule has 1 aliphatic rings. The highest BCUT2D eigenvalue weighted by atomic mass is 16.5. The maximum Gasteiger partial charge on any atom is 0.265 e. The second kappa shape index (κ2) is 7.74. The van der Waals surface area contributed by atoms with Crippen molar-refractivity contribution in [2.75, 3.05) is 37.0 Å². The first-order valence-electron chi connectivity index (χ1n) is 10.3. The Labute approximate surface area is 175 Å². The first-order valence-corrected chi connectivity index (χ1v) is 10.3. The minimum absolute atomic E-state index is 0.189. The molecule has 1 aliphatic heterocycles. The van der Waals surface area contributed by atoms with Crippen LogP contribution in [-0.4, -0.2) is 47.3 Å². The van der Waals surface area contributed by atoms with Gasteiger partial charge in [-0.1, -0.05) is 42.5 Å². The van der Waals surface area contributed by atoms with Crippen LogP contribution in [-0.2, 0) is 0 Å². The van der Waals surface area contributed by atoms with Crippen molar-refractivity contribution in [2.24, 2.45) is 0 Å². The summed E-state index contributed by atoms with van der Waals surface area (Å²) in [5, 5.41) is 5.16. The molecule has 5 rings (SSSR count). The van der Waals surface area contributed by atoms with Crippen LogP contribution in [0, 0.1) is 0 Å². The maximum atomic E-state index is 5.57. The van der Waals surface area contributed by atoms with Crippen LogP contribution in [0.2, 0.25) is 0 Å². The molecule has 0 radical (unpaired) electrons. The van der Waals surface area contributed by atoms with E-state index in [0.29, 0.717) is 11.8 Å². The number of piperidine rings is 1. The molecule has 3 heterocycles. The smallest absolute Gasteiger partial charge is 0.265 e. The lowest BCUT2D eigenvalue weighted by Crippen LogP contribution is -2.35. The van der Waals surface area contributed by atoms with E-state index in [1.807, 2.05) is 61.5 Å². The van der Waals surface area contributed by atoms with E-state index in [1.165, 1.54) is 0 Å². The van der Waals surface area contributed by atoms with Crippen molar-refractivity contribution in [2.45, 2.75) is 18.8 Å². The van der Waals surface area contributed by atoms with Crippen molar-refractivity contribution in [1.29, 1.82) is 0 Å². The Morgan fingerprint density at radius 1 is 0.967 bits per heavy atom. The van der Waals surface area contributed by atoms with Crippen LogP contribution in [0.5, 0.6) is 0 Å². The van der Waals surface area contributed by atoms with E-state index in [9.17, 15) is 0 Å². The summed E-state index contributed by atoms with van der Waals surface area (Å²) in [5.41, 5.74) is 1.97. The van der Waals surface area contributed by atoms with Crippen LogP contribution >= 0.6 is 0 Å². The van der Waals surface area contributed by atoms with Crippen molar-refractivity contribution < 1.29 is 4.52 Å². The zero-order valence-corrected chi connectivity index (χ0v) is 17.2. The molecule has 7 heteroatoms. The normalized spacial score (nSPS) is 16.7. The summed E-state index contributed by atoms with van der Waals surface area (Å²) in [6.07, 6.45) is 2.07. The zero-order valence-electron chi connectivity index (χ0n) is 17.2. The number of hydrogen-bond acceptors (Lipinski definition) is 7. The SMILES string of the molecule is CN(C)c1noc(C2CCCN(c3nc(-c4ccccc4)nc4ccccc34)C2)n1. The monoisotopic (exact) mass is 400 g/mol. The average Bonchev–Trinajstić information content (AvgIpc) is 3.30. The van der Waals surface area contributed by atoms with E-state index < -0.39 is 0 Å². The molecule has 0 amide bonds. The molecular weight excluding hydrogens is 376 g/mol. The summed E-state index contributed by atoms with van der Waals surface area (Å²) in [5.74, 6) is 3.22. The maximum absolute atomic E-state index is 5.57. The predicted molar refractivity (Wildman–Crippen MR) is 118 cm³/mol. The van der Waals surface area contributed by atoms with Gasteiger partial charge in [-0.2, -0.15) is 4.98 Å². The fourth-order valence-electron chi connectivity index (χ4n) is 3.96. The van der Waals surface area contributed by atoms with Crippen molar-refractivity contribution in [3.8, 4) is 11.4 Å². The summed E-state index contributed by atoms with van der Waals surface area (Å²) in [4.78, 5) is 18.6. The third-order valence-electron chi connectivity index (χ3n) is 5.52. The van der Waals surface area contributed by atoms with Gasteiger partial charge in [-0.3, -0.25) is 0 Å². The van der Waals surface area contributed by atoms with Crippen LogP contribution in [0.25, 0.3) is 22.3 Å². The van der Waals surface area contributed by atoms with Crippen LogP contribution in [0.3, 0.4) is 0 Å². The predicted octanol–water partition coefficient (Wildman–Crippen LogP) is 4.13. The summed E-state index contributed by atoms with van der Waals surface area (Å²) in [6.45, 7) is 1.74. The van der Waals surface area contributed by atoms with Crippen LogP contribution in [0.1, 0.15) is 24.7 Å². The number of fused-ring (bicyclic) bond motifs is 1. The van der Waals surface area contributed by atoms with Gasteiger partial charge in [0.05, 0.1) is 11.4 Å². The molecule has 7 nitrogen and oxygen atoms in total. The van der Waals surface area contributed by atoms with E-state index in [4.69, 9.17) is 14.5 Å². The topological polar surface area (TPSA) is 71.2 Å². The fraction of sp³-hybridized carbons (Fsp3) is 0.304. The molecule has 2 aromatic carbocycles. The third-order valence-corrected chi connectivity index (χ3v) is 5.52. The fourth-order valence-corrected chi connectivity index (χ4v) is 3.96. The second-order valence-electron chi connectivity index (χ2n) is 7.87. The number of benzene rings is 2. The molecule has 1 fully saturated rings. The number of anilines is 2. The number of aromatic nitrogens is 4. The average molecular weight is 400 g/mol. The molecule has 0 N–H and O–H groups in total. The number of para-hydroxylation sites is 1. The molecule has 0 saturated carbocycles. The summed E-state index contributed by atoms with van der Waals surface area (Å²) in [7, 11) is 3.83. The van der Waals surface area contributed by atoms with Crippen molar-refractivity contribution >= 4 is 22.7 Å². The highest BCUT2D eigenvalue weighted by molar-refractivity contribution is 5.91. The number of rotatable bonds is 4. The molecule has 1 unspecified atom stereocenters. The van der Waals surface area contributed by atoms with Crippen molar-refractivity contribution in [3.05, 3.63) is 60.5 Å². The Morgan fingerprint density at radius 2 is 1.77 bits per heavy atom.